The number of H-pyrrole nitrogens is 1. The van der Waals surface area contributed by atoms with E-state index in [1.807, 2.05) is 0 Å². The Morgan fingerprint density at radius 1 is 1.36 bits per heavy atom. The van der Waals surface area contributed by atoms with Crippen molar-refractivity contribution < 1.29 is 14.7 Å². The first kappa shape index (κ1) is 14.4. The van der Waals surface area contributed by atoms with E-state index in [0.29, 0.717) is 11.5 Å². The van der Waals surface area contributed by atoms with E-state index in [9.17, 15) is 9.59 Å². The topological polar surface area (TPSA) is 98.3 Å². The van der Waals surface area contributed by atoms with Gasteiger partial charge in [0.1, 0.15) is 5.82 Å². The fourth-order valence-corrected chi connectivity index (χ4v) is 2.35. The second kappa shape index (κ2) is 5.69. The van der Waals surface area contributed by atoms with Gasteiger partial charge in [0, 0.05) is 17.8 Å². The number of carboxylic acid groups (broad SMARTS) is 1. The molecule has 1 aromatic carbocycles. The van der Waals surface area contributed by atoms with Crippen LogP contribution in [0.4, 0.5) is 16.3 Å². The van der Waals surface area contributed by atoms with E-state index < -0.39 is 5.97 Å². The van der Waals surface area contributed by atoms with E-state index in [4.69, 9.17) is 16.7 Å². The minimum Gasteiger partial charge on any atom is -0.478 e. The van der Waals surface area contributed by atoms with Crippen molar-refractivity contribution in [2.75, 3.05) is 10.2 Å². The van der Waals surface area contributed by atoms with E-state index >= 15 is 0 Å². The maximum absolute atomic E-state index is 12.4. The van der Waals surface area contributed by atoms with Crippen molar-refractivity contribution in [3.05, 3.63) is 41.0 Å². The molecule has 22 heavy (non-hydrogen) atoms. The Bertz CT molecular complexity index is 713. The first-order valence-electron chi connectivity index (χ1n) is 6.68. The van der Waals surface area contributed by atoms with Gasteiger partial charge in [-0.15, -0.1) is 0 Å². The molecule has 1 fully saturated rings. The average molecular weight is 321 g/mol. The second-order valence-corrected chi connectivity index (χ2v) is 5.38. The number of hydrogen-bond acceptors (Lipinski definition) is 3. The molecule has 7 nitrogen and oxygen atoms in total. The quantitative estimate of drug-likeness (QED) is 0.806. The number of carbonyl (C=O) groups is 2. The summed E-state index contributed by atoms with van der Waals surface area (Å²) in [5, 5.41) is 18.4. The SMILES string of the molecule is O=C(O)c1cc(N(C(=O)Nc2ccn[nH]2)C2CC2)ccc1Cl. The van der Waals surface area contributed by atoms with Crippen LogP contribution in [0, 0.1) is 0 Å². The zero-order chi connectivity index (χ0) is 15.7. The van der Waals surface area contributed by atoms with Crippen molar-refractivity contribution in [3.63, 3.8) is 0 Å². The van der Waals surface area contributed by atoms with Crippen LogP contribution in [0.25, 0.3) is 0 Å². The minimum atomic E-state index is -1.13. The fourth-order valence-electron chi connectivity index (χ4n) is 2.15. The van der Waals surface area contributed by atoms with Crippen molar-refractivity contribution in [1.82, 2.24) is 10.2 Å². The number of aromatic nitrogens is 2. The zero-order valence-electron chi connectivity index (χ0n) is 11.4. The molecular weight excluding hydrogens is 308 g/mol. The van der Waals surface area contributed by atoms with Crippen LogP contribution in [-0.2, 0) is 0 Å². The summed E-state index contributed by atoms with van der Waals surface area (Å²) in [7, 11) is 0. The Kier molecular flexibility index (Phi) is 3.72. The van der Waals surface area contributed by atoms with Crippen LogP contribution < -0.4 is 10.2 Å². The van der Waals surface area contributed by atoms with Crippen LogP contribution in [0.5, 0.6) is 0 Å². The molecule has 2 aromatic rings. The molecule has 2 amide bonds. The number of nitrogens with zero attached hydrogens (tertiary/aromatic N) is 2. The van der Waals surface area contributed by atoms with Gasteiger partial charge in [-0.2, -0.15) is 5.10 Å². The number of aromatic carboxylic acids is 1. The number of anilines is 2. The fraction of sp³-hybridized carbons (Fsp3) is 0.214. The molecule has 3 N–H and O–H groups in total. The second-order valence-electron chi connectivity index (χ2n) is 4.97. The number of halogens is 1. The summed E-state index contributed by atoms with van der Waals surface area (Å²) in [5.41, 5.74) is 0.473. The average Bonchev–Trinajstić information content (AvgIpc) is 3.17. The summed E-state index contributed by atoms with van der Waals surface area (Å²) in [6.45, 7) is 0. The van der Waals surface area contributed by atoms with Gasteiger partial charge in [-0.3, -0.25) is 15.3 Å². The molecule has 0 bridgehead atoms. The molecule has 0 unspecified atom stereocenters. The van der Waals surface area contributed by atoms with Crippen LogP contribution in [0.15, 0.2) is 30.5 Å². The molecule has 1 aliphatic carbocycles. The first-order chi connectivity index (χ1) is 10.6. The lowest BCUT2D eigenvalue weighted by Crippen LogP contribution is -2.37. The van der Waals surface area contributed by atoms with Gasteiger partial charge in [-0.25, -0.2) is 9.59 Å². The first-order valence-corrected chi connectivity index (χ1v) is 7.06. The Balaban J connectivity index is 1.89. The molecule has 8 heteroatoms. The molecular formula is C14H13ClN4O3. The number of rotatable bonds is 4. The van der Waals surface area contributed by atoms with Gasteiger partial charge in [-0.1, -0.05) is 11.6 Å². The third-order valence-corrected chi connectivity index (χ3v) is 3.66. The summed E-state index contributed by atoms with van der Waals surface area (Å²) in [6, 6.07) is 5.89. The molecule has 114 valence electrons. The number of benzene rings is 1. The number of aromatic amines is 1. The van der Waals surface area contributed by atoms with E-state index in [2.05, 4.69) is 15.5 Å². The van der Waals surface area contributed by atoms with Crippen LogP contribution in [0.2, 0.25) is 5.02 Å². The lowest BCUT2D eigenvalue weighted by molar-refractivity contribution is 0.0697. The van der Waals surface area contributed by atoms with Gasteiger partial charge in [0.05, 0.1) is 16.8 Å². The molecule has 1 aliphatic rings. The standard InChI is InChI=1S/C14H13ClN4O3/c15-11-4-3-9(7-10(11)13(20)21)19(8-1-2-8)14(22)17-12-5-6-16-18-12/h3-8H,1-2H2,(H,20,21)(H2,16,17,18,22). The van der Waals surface area contributed by atoms with Crippen molar-refractivity contribution in [2.24, 2.45) is 0 Å². The van der Waals surface area contributed by atoms with E-state index in [-0.39, 0.29) is 22.7 Å². The molecule has 0 radical (unpaired) electrons. The molecule has 0 saturated heterocycles. The molecule has 0 spiro atoms. The van der Waals surface area contributed by atoms with E-state index in [1.165, 1.54) is 18.3 Å². The van der Waals surface area contributed by atoms with Crippen molar-refractivity contribution in [2.45, 2.75) is 18.9 Å². The Hall–Kier alpha value is -2.54. The minimum absolute atomic E-state index is 0.0286. The summed E-state index contributed by atoms with van der Waals surface area (Å²) in [6.07, 6.45) is 3.28. The largest absolute Gasteiger partial charge is 0.478 e. The van der Waals surface area contributed by atoms with Crippen LogP contribution in [0.3, 0.4) is 0 Å². The van der Waals surface area contributed by atoms with Gasteiger partial charge in [0.15, 0.2) is 0 Å². The zero-order valence-corrected chi connectivity index (χ0v) is 12.2. The number of nitrogens with one attached hydrogen (secondary N) is 2. The predicted octanol–water partition coefficient (Wildman–Crippen LogP) is 2.96. The summed E-state index contributed by atoms with van der Waals surface area (Å²) < 4.78 is 0. The monoisotopic (exact) mass is 320 g/mol. The lowest BCUT2D eigenvalue weighted by Gasteiger charge is -2.23. The number of amides is 2. The molecule has 0 atom stereocenters. The smallest absolute Gasteiger partial charge is 0.337 e. The number of carboxylic acids is 1. The Labute approximate surface area is 130 Å². The number of hydrogen-bond donors (Lipinski definition) is 3. The highest BCUT2D eigenvalue weighted by Crippen LogP contribution is 2.34. The Morgan fingerprint density at radius 3 is 2.73 bits per heavy atom. The number of carbonyl (C=O) groups excluding carboxylic acids is 1. The summed E-state index contributed by atoms with van der Waals surface area (Å²) >= 11 is 5.87. The van der Waals surface area contributed by atoms with Crippen LogP contribution in [0.1, 0.15) is 23.2 Å². The van der Waals surface area contributed by atoms with Crippen LogP contribution in [-0.4, -0.2) is 33.3 Å². The highest BCUT2D eigenvalue weighted by atomic mass is 35.5. The number of urea groups is 1. The summed E-state index contributed by atoms with van der Waals surface area (Å²) in [5.74, 6) is -0.653. The highest BCUT2D eigenvalue weighted by molar-refractivity contribution is 6.33. The maximum atomic E-state index is 12.4. The third kappa shape index (κ3) is 2.89. The molecule has 3 rings (SSSR count). The third-order valence-electron chi connectivity index (χ3n) is 3.33. The van der Waals surface area contributed by atoms with Gasteiger partial charge < -0.3 is 5.11 Å². The Morgan fingerprint density at radius 2 is 2.14 bits per heavy atom. The van der Waals surface area contributed by atoms with Crippen molar-refractivity contribution in [1.29, 1.82) is 0 Å². The van der Waals surface area contributed by atoms with Gasteiger partial charge in [-0.05, 0) is 31.0 Å². The molecule has 1 saturated carbocycles. The van der Waals surface area contributed by atoms with E-state index in [1.54, 1.807) is 17.0 Å². The molecule has 1 aromatic heterocycles. The normalized spacial score (nSPS) is 13.7. The maximum Gasteiger partial charge on any atom is 0.337 e. The van der Waals surface area contributed by atoms with E-state index in [0.717, 1.165) is 12.8 Å². The van der Waals surface area contributed by atoms with Crippen LogP contribution >= 0.6 is 11.6 Å². The van der Waals surface area contributed by atoms with Crippen molar-refractivity contribution in [3.8, 4) is 0 Å². The van der Waals surface area contributed by atoms with Gasteiger partial charge in [0.2, 0.25) is 0 Å². The van der Waals surface area contributed by atoms with Gasteiger partial charge in [0.25, 0.3) is 0 Å². The predicted molar refractivity (Wildman–Crippen MR) is 81.5 cm³/mol. The lowest BCUT2D eigenvalue weighted by atomic mass is 10.2. The highest BCUT2D eigenvalue weighted by Gasteiger charge is 2.34. The molecule has 0 aliphatic heterocycles. The van der Waals surface area contributed by atoms with Gasteiger partial charge >= 0.3 is 12.0 Å². The van der Waals surface area contributed by atoms with Crippen molar-refractivity contribution >= 4 is 35.1 Å². The summed E-state index contributed by atoms with van der Waals surface area (Å²) in [4.78, 5) is 25.2. The molecule has 1 heterocycles.